The highest BCUT2D eigenvalue weighted by atomic mass is 16.5. The molecule has 0 aliphatic carbocycles. The Labute approximate surface area is 160 Å². The fourth-order valence-electron chi connectivity index (χ4n) is 3.27. The zero-order chi connectivity index (χ0) is 19.2. The molecule has 3 aromatic rings. The molecule has 3 aromatic carbocycles. The molecular formula is C24H26O3. The van der Waals surface area contributed by atoms with E-state index in [2.05, 4.69) is 37.3 Å². The van der Waals surface area contributed by atoms with Crippen LogP contribution in [-0.2, 0) is 26.1 Å². The van der Waals surface area contributed by atoms with E-state index >= 15 is 0 Å². The molecule has 0 fully saturated rings. The second-order valence-corrected chi connectivity index (χ2v) is 6.90. The molecule has 0 spiro atoms. The minimum Gasteiger partial charge on any atom is -0.496 e. The van der Waals surface area contributed by atoms with E-state index in [0.717, 1.165) is 46.4 Å². The minimum atomic E-state index is -0.0226. The third-order valence-electron chi connectivity index (χ3n) is 4.89. The number of methoxy groups -OCH3 is 1. The quantitative estimate of drug-likeness (QED) is 0.663. The van der Waals surface area contributed by atoms with Gasteiger partial charge in [-0.1, -0.05) is 60.2 Å². The van der Waals surface area contributed by atoms with Crippen molar-refractivity contribution < 1.29 is 14.9 Å². The van der Waals surface area contributed by atoms with Gasteiger partial charge in [0.05, 0.1) is 20.3 Å². The third-order valence-corrected chi connectivity index (χ3v) is 4.89. The molecule has 0 aliphatic heterocycles. The Hall–Kier alpha value is -2.62. The van der Waals surface area contributed by atoms with Gasteiger partial charge in [-0.05, 0) is 52.8 Å². The Kier molecular flexibility index (Phi) is 6.28. The fourth-order valence-corrected chi connectivity index (χ4v) is 3.27. The van der Waals surface area contributed by atoms with E-state index in [-0.39, 0.29) is 13.2 Å². The molecule has 3 nitrogen and oxygen atoms in total. The molecular weight excluding hydrogens is 336 g/mol. The molecule has 140 valence electrons. The highest BCUT2D eigenvalue weighted by Gasteiger charge is 2.12. The smallest absolute Gasteiger partial charge is 0.122 e. The van der Waals surface area contributed by atoms with Crippen LogP contribution in [0.2, 0.25) is 0 Å². The van der Waals surface area contributed by atoms with Crippen LogP contribution in [0.5, 0.6) is 5.75 Å². The molecule has 0 saturated carbocycles. The van der Waals surface area contributed by atoms with Crippen LogP contribution in [0.4, 0.5) is 0 Å². The van der Waals surface area contributed by atoms with Crippen LogP contribution in [0.25, 0.3) is 0 Å². The summed E-state index contributed by atoms with van der Waals surface area (Å²) in [4.78, 5) is 0. The molecule has 0 aliphatic rings. The van der Waals surface area contributed by atoms with Gasteiger partial charge >= 0.3 is 0 Å². The van der Waals surface area contributed by atoms with Gasteiger partial charge in [-0.2, -0.15) is 0 Å². The Morgan fingerprint density at radius 2 is 1.22 bits per heavy atom. The summed E-state index contributed by atoms with van der Waals surface area (Å²) in [5.74, 6) is 0.805. The topological polar surface area (TPSA) is 49.7 Å². The molecule has 0 unspecified atom stereocenters. The third kappa shape index (κ3) is 4.76. The molecule has 0 heterocycles. The Balaban J connectivity index is 1.92. The largest absolute Gasteiger partial charge is 0.496 e. The summed E-state index contributed by atoms with van der Waals surface area (Å²) in [6.07, 6.45) is 1.51. The average molecular weight is 362 g/mol. The summed E-state index contributed by atoms with van der Waals surface area (Å²) in [6.45, 7) is 2.11. The summed E-state index contributed by atoms with van der Waals surface area (Å²) in [6, 6.07) is 20.5. The molecule has 3 heteroatoms. The number of hydrogen-bond donors (Lipinski definition) is 2. The maximum Gasteiger partial charge on any atom is 0.122 e. The van der Waals surface area contributed by atoms with E-state index in [4.69, 9.17) is 4.74 Å². The van der Waals surface area contributed by atoms with Gasteiger partial charge in [-0.25, -0.2) is 0 Å². The standard InChI is InChI=1S/C24H26O3/c1-17-3-5-18(6-4-17)12-22-13-21(23(16-26)14-24(22)27-2)11-19-7-9-20(15-25)10-8-19/h3-10,13-14,25-26H,11-12,15-16H2,1-2H3. The summed E-state index contributed by atoms with van der Waals surface area (Å²) < 4.78 is 5.58. The Morgan fingerprint density at radius 3 is 1.78 bits per heavy atom. The van der Waals surface area contributed by atoms with Crippen LogP contribution in [0.3, 0.4) is 0 Å². The van der Waals surface area contributed by atoms with Gasteiger partial charge < -0.3 is 14.9 Å². The monoisotopic (exact) mass is 362 g/mol. The van der Waals surface area contributed by atoms with Crippen LogP contribution in [0.15, 0.2) is 60.7 Å². The number of hydrogen-bond acceptors (Lipinski definition) is 3. The number of aryl methyl sites for hydroxylation is 1. The lowest BCUT2D eigenvalue weighted by atomic mass is 9.94. The van der Waals surface area contributed by atoms with Crippen LogP contribution in [0, 0.1) is 6.92 Å². The first-order valence-corrected chi connectivity index (χ1v) is 9.16. The minimum absolute atomic E-state index is 0.0226. The van der Waals surface area contributed by atoms with E-state index in [1.807, 2.05) is 30.3 Å². The van der Waals surface area contributed by atoms with Crippen LogP contribution in [-0.4, -0.2) is 17.3 Å². The second-order valence-electron chi connectivity index (χ2n) is 6.90. The van der Waals surface area contributed by atoms with Crippen molar-refractivity contribution in [1.82, 2.24) is 0 Å². The fraction of sp³-hybridized carbons (Fsp3) is 0.250. The summed E-state index contributed by atoms with van der Waals surface area (Å²) >= 11 is 0. The van der Waals surface area contributed by atoms with Crippen molar-refractivity contribution in [2.24, 2.45) is 0 Å². The predicted molar refractivity (Wildman–Crippen MR) is 108 cm³/mol. The lowest BCUT2D eigenvalue weighted by molar-refractivity contribution is 0.280. The molecule has 27 heavy (non-hydrogen) atoms. The number of aliphatic hydroxyl groups excluding tert-OH is 2. The van der Waals surface area contributed by atoms with Crippen molar-refractivity contribution in [2.45, 2.75) is 33.0 Å². The normalized spacial score (nSPS) is 10.8. The van der Waals surface area contributed by atoms with Crippen molar-refractivity contribution in [3.63, 3.8) is 0 Å². The lowest BCUT2D eigenvalue weighted by Gasteiger charge is -2.15. The van der Waals surface area contributed by atoms with Gasteiger partial charge in [-0.3, -0.25) is 0 Å². The molecule has 0 atom stereocenters. The second kappa shape index (κ2) is 8.85. The number of ether oxygens (including phenoxy) is 1. The van der Waals surface area contributed by atoms with Gasteiger partial charge in [0.2, 0.25) is 0 Å². The van der Waals surface area contributed by atoms with Crippen molar-refractivity contribution in [3.8, 4) is 5.75 Å². The van der Waals surface area contributed by atoms with E-state index in [1.165, 1.54) is 11.1 Å². The van der Waals surface area contributed by atoms with Gasteiger partial charge in [0.25, 0.3) is 0 Å². The van der Waals surface area contributed by atoms with Gasteiger partial charge in [0, 0.05) is 6.42 Å². The first-order chi connectivity index (χ1) is 13.1. The van der Waals surface area contributed by atoms with Gasteiger partial charge in [0.1, 0.15) is 5.75 Å². The Bertz CT molecular complexity index is 881. The number of benzene rings is 3. The Morgan fingerprint density at radius 1 is 0.667 bits per heavy atom. The maximum absolute atomic E-state index is 9.82. The molecule has 3 rings (SSSR count). The zero-order valence-corrected chi connectivity index (χ0v) is 15.9. The molecule has 0 saturated heterocycles. The number of aliphatic hydroxyl groups is 2. The van der Waals surface area contributed by atoms with Crippen LogP contribution < -0.4 is 4.74 Å². The highest BCUT2D eigenvalue weighted by Crippen LogP contribution is 2.28. The molecule has 0 aromatic heterocycles. The van der Waals surface area contributed by atoms with Crippen LogP contribution >= 0.6 is 0 Å². The summed E-state index contributed by atoms with van der Waals surface area (Å²) in [5, 5.41) is 19.0. The van der Waals surface area contributed by atoms with Crippen molar-refractivity contribution in [3.05, 3.63) is 99.6 Å². The first-order valence-electron chi connectivity index (χ1n) is 9.16. The van der Waals surface area contributed by atoms with Gasteiger partial charge in [0.15, 0.2) is 0 Å². The maximum atomic E-state index is 9.82. The molecule has 0 radical (unpaired) electrons. The molecule has 0 bridgehead atoms. The van der Waals surface area contributed by atoms with Crippen LogP contribution in [0.1, 0.15) is 38.9 Å². The lowest BCUT2D eigenvalue weighted by Crippen LogP contribution is -2.02. The summed E-state index contributed by atoms with van der Waals surface area (Å²) in [5.41, 5.74) is 7.61. The van der Waals surface area contributed by atoms with Crippen molar-refractivity contribution >= 4 is 0 Å². The van der Waals surface area contributed by atoms with E-state index in [1.54, 1.807) is 7.11 Å². The zero-order valence-electron chi connectivity index (χ0n) is 15.9. The van der Waals surface area contributed by atoms with Crippen molar-refractivity contribution in [2.75, 3.05) is 7.11 Å². The number of rotatable bonds is 7. The van der Waals surface area contributed by atoms with E-state index < -0.39 is 0 Å². The average Bonchev–Trinajstić information content (AvgIpc) is 2.70. The first kappa shape index (κ1) is 19.2. The SMILES string of the molecule is COc1cc(CO)c(Cc2ccc(CO)cc2)cc1Cc1ccc(C)cc1. The molecule has 0 amide bonds. The molecule has 2 N–H and O–H groups in total. The van der Waals surface area contributed by atoms with E-state index in [0.29, 0.717) is 0 Å². The predicted octanol–water partition coefficient (Wildman–Crippen LogP) is 4.17. The van der Waals surface area contributed by atoms with Gasteiger partial charge in [-0.15, -0.1) is 0 Å². The van der Waals surface area contributed by atoms with Crippen molar-refractivity contribution in [1.29, 1.82) is 0 Å². The van der Waals surface area contributed by atoms with E-state index in [9.17, 15) is 10.2 Å². The summed E-state index contributed by atoms with van der Waals surface area (Å²) in [7, 11) is 1.67. The highest BCUT2D eigenvalue weighted by molar-refractivity contribution is 5.46.